The Kier molecular flexibility index (Phi) is 5.97. The minimum Gasteiger partial charge on any atom is -0.441 e. The van der Waals surface area contributed by atoms with Crippen molar-refractivity contribution >= 4 is 6.09 Å². The van der Waals surface area contributed by atoms with Crippen LogP contribution in [0, 0.1) is 0 Å². The first kappa shape index (κ1) is 20.5. The molecule has 164 valence electrons. The van der Waals surface area contributed by atoms with Crippen LogP contribution in [0.1, 0.15) is 43.2 Å². The highest BCUT2D eigenvalue weighted by Crippen LogP contribution is 2.37. The van der Waals surface area contributed by atoms with Crippen LogP contribution < -0.4 is 5.32 Å². The molecular formula is C26H33N3O2. The molecule has 2 heterocycles. The first-order valence-corrected chi connectivity index (χ1v) is 11.8. The van der Waals surface area contributed by atoms with Crippen LogP contribution in [-0.2, 0) is 17.8 Å². The summed E-state index contributed by atoms with van der Waals surface area (Å²) in [5.41, 5.74) is 4.73. The normalized spacial score (nSPS) is 21.4. The summed E-state index contributed by atoms with van der Waals surface area (Å²) < 4.78 is 5.86. The molecule has 5 rings (SSSR count). The van der Waals surface area contributed by atoms with Gasteiger partial charge in [-0.15, -0.1) is 0 Å². The molecule has 1 aliphatic carbocycles. The Bertz CT molecular complexity index is 916. The standard InChI is InChI=1S/C26H33N3O2/c30-25-29(20-26(31-25)10-2-1-3-11-26)19-22-7-5-9-24(17-22)23-8-4-6-21(16-23)18-28-14-12-27-13-15-28/h4-9,16-17,27H,1-3,10-15,18-20H2. The Morgan fingerprint density at radius 2 is 1.52 bits per heavy atom. The molecule has 0 atom stereocenters. The zero-order valence-corrected chi connectivity index (χ0v) is 18.3. The number of carbonyl (C=O) groups excluding carboxylic acids is 1. The van der Waals surface area contributed by atoms with Crippen molar-refractivity contribution in [3.8, 4) is 11.1 Å². The molecule has 5 nitrogen and oxygen atoms in total. The first-order valence-electron chi connectivity index (χ1n) is 11.8. The Balaban J connectivity index is 1.28. The number of hydrogen-bond donors (Lipinski definition) is 1. The van der Waals surface area contributed by atoms with Gasteiger partial charge in [0.25, 0.3) is 0 Å². The van der Waals surface area contributed by atoms with Crippen molar-refractivity contribution in [1.82, 2.24) is 15.1 Å². The molecule has 2 aromatic rings. The fourth-order valence-electron chi connectivity index (χ4n) is 5.32. The first-order chi connectivity index (χ1) is 15.2. The predicted molar refractivity (Wildman–Crippen MR) is 123 cm³/mol. The highest BCUT2D eigenvalue weighted by molar-refractivity contribution is 5.71. The maximum Gasteiger partial charge on any atom is 0.410 e. The number of carbonyl (C=O) groups is 1. The van der Waals surface area contributed by atoms with Crippen LogP contribution >= 0.6 is 0 Å². The molecule has 1 amide bonds. The van der Waals surface area contributed by atoms with Gasteiger partial charge in [0.15, 0.2) is 0 Å². The van der Waals surface area contributed by atoms with E-state index >= 15 is 0 Å². The maximum absolute atomic E-state index is 12.5. The van der Waals surface area contributed by atoms with Gasteiger partial charge in [0.1, 0.15) is 5.60 Å². The Labute approximate surface area is 185 Å². The smallest absolute Gasteiger partial charge is 0.410 e. The molecule has 1 N–H and O–H groups in total. The quantitative estimate of drug-likeness (QED) is 0.780. The van der Waals surface area contributed by atoms with E-state index in [0.717, 1.165) is 57.7 Å². The van der Waals surface area contributed by atoms with Gasteiger partial charge in [-0.25, -0.2) is 4.79 Å². The summed E-state index contributed by atoms with van der Waals surface area (Å²) in [5.74, 6) is 0. The average molecular weight is 420 g/mol. The molecule has 1 spiro atoms. The fourth-order valence-corrected chi connectivity index (χ4v) is 5.32. The van der Waals surface area contributed by atoms with E-state index in [4.69, 9.17) is 4.74 Å². The third-order valence-electron chi connectivity index (χ3n) is 6.98. The van der Waals surface area contributed by atoms with E-state index in [-0.39, 0.29) is 11.7 Å². The van der Waals surface area contributed by atoms with E-state index in [9.17, 15) is 4.79 Å². The van der Waals surface area contributed by atoms with Gasteiger partial charge in [0, 0.05) is 39.3 Å². The summed E-state index contributed by atoms with van der Waals surface area (Å²) in [5, 5.41) is 3.42. The molecule has 3 fully saturated rings. The van der Waals surface area contributed by atoms with Crippen LogP contribution in [-0.4, -0.2) is 54.2 Å². The number of nitrogens with one attached hydrogen (secondary N) is 1. The minimum absolute atomic E-state index is 0.148. The van der Waals surface area contributed by atoms with Gasteiger partial charge in [0.05, 0.1) is 6.54 Å². The summed E-state index contributed by atoms with van der Waals surface area (Å²) in [6, 6.07) is 17.5. The zero-order valence-electron chi connectivity index (χ0n) is 18.3. The van der Waals surface area contributed by atoms with Gasteiger partial charge in [-0.05, 0) is 60.1 Å². The summed E-state index contributed by atoms with van der Waals surface area (Å²) >= 11 is 0. The number of piperazine rings is 1. The van der Waals surface area contributed by atoms with Gasteiger partial charge >= 0.3 is 6.09 Å². The van der Waals surface area contributed by atoms with Crippen molar-refractivity contribution in [1.29, 1.82) is 0 Å². The number of rotatable bonds is 5. The van der Waals surface area contributed by atoms with Crippen LogP contribution in [0.3, 0.4) is 0 Å². The molecule has 2 aromatic carbocycles. The lowest BCUT2D eigenvalue weighted by molar-refractivity contribution is 0.0260. The molecule has 0 aromatic heterocycles. The van der Waals surface area contributed by atoms with Gasteiger partial charge in [0.2, 0.25) is 0 Å². The van der Waals surface area contributed by atoms with E-state index in [0.29, 0.717) is 6.54 Å². The van der Waals surface area contributed by atoms with Crippen molar-refractivity contribution in [3.63, 3.8) is 0 Å². The summed E-state index contributed by atoms with van der Waals surface area (Å²) in [6.45, 7) is 6.70. The van der Waals surface area contributed by atoms with Crippen LogP contribution in [0.5, 0.6) is 0 Å². The van der Waals surface area contributed by atoms with E-state index in [1.807, 2.05) is 4.90 Å². The summed E-state index contributed by atoms with van der Waals surface area (Å²) in [4.78, 5) is 16.9. The monoisotopic (exact) mass is 419 g/mol. The second kappa shape index (κ2) is 9.01. The zero-order chi connectivity index (χ0) is 21.1. The summed E-state index contributed by atoms with van der Waals surface area (Å²) in [6.07, 6.45) is 5.46. The van der Waals surface area contributed by atoms with Crippen molar-refractivity contribution in [2.45, 2.75) is 50.8 Å². The van der Waals surface area contributed by atoms with Crippen LogP contribution in [0.15, 0.2) is 48.5 Å². The number of hydrogen-bond acceptors (Lipinski definition) is 4. The second-order valence-electron chi connectivity index (χ2n) is 9.39. The van der Waals surface area contributed by atoms with Crippen LogP contribution in [0.2, 0.25) is 0 Å². The van der Waals surface area contributed by atoms with Crippen molar-refractivity contribution in [2.75, 3.05) is 32.7 Å². The lowest BCUT2D eigenvalue weighted by Gasteiger charge is -2.30. The van der Waals surface area contributed by atoms with Crippen LogP contribution in [0.4, 0.5) is 4.79 Å². The van der Waals surface area contributed by atoms with Crippen LogP contribution in [0.25, 0.3) is 11.1 Å². The Morgan fingerprint density at radius 1 is 0.871 bits per heavy atom. The fraction of sp³-hybridized carbons (Fsp3) is 0.500. The minimum atomic E-state index is -0.231. The molecule has 0 unspecified atom stereocenters. The van der Waals surface area contributed by atoms with Gasteiger partial charge < -0.3 is 10.1 Å². The summed E-state index contributed by atoms with van der Waals surface area (Å²) in [7, 11) is 0. The second-order valence-corrected chi connectivity index (χ2v) is 9.39. The Morgan fingerprint density at radius 3 is 2.19 bits per heavy atom. The predicted octanol–water partition coefficient (Wildman–Crippen LogP) is 4.41. The molecular weight excluding hydrogens is 386 g/mol. The van der Waals surface area contributed by atoms with E-state index in [2.05, 4.69) is 58.7 Å². The van der Waals surface area contributed by atoms with Gasteiger partial charge in [-0.2, -0.15) is 0 Å². The van der Waals surface area contributed by atoms with E-state index < -0.39 is 0 Å². The van der Waals surface area contributed by atoms with Crippen molar-refractivity contribution in [2.24, 2.45) is 0 Å². The molecule has 5 heteroatoms. The highest BCUT2D eigenvalue weighted by atomic mass is 16.6. The van der Waals surface area contributed by atoms with Gasteiger partial charge in [-0.1, -0.05) is 42.8 Å². The Hall–Kier alpha value is -2.37. The van der Waals surface area contributed by atoms with Crippen molar-refractivity contribution < 1.29 is 9.53 Å². The number of benzene rings is 2. The third kappa shape index (κ3) is 4.78. The average Bonchev–Trinajstić information content (AvgIpc) is 3.09. The lowest BCUT2D eigenvalue weighted by Crippen LogP contribution is -2.42. The maximum atomic E-state index is 12.5. The molecule has 31 heavy (non-hydrogen) atoms. The van der Waals surface area contributed by atoms with Gasteiger partial charge in [-0.3, -0.25) is 9.80 Å². The van der Waals surface area contributed by atoms with E-state index in [1.165, 1.54) is 36.0 Å². The molecule has 0 radical (unpaired) electrons. The largest absolute Gasteiger partial charge is 0.441 e. The number of nitrogens with zero attached hydrogens (tertiary/aromatic N) is 2. The molecule has 0 bridgehead atoms. The number of ether oxygens (including phenoxy) is 1. The molecule has 3 aliphatic rings. The topological polar surface area (TPSA) is 44.8 Å². The highest BCUT2D eigenvalue weighted by Gasteiger charge is 2.45. The van der Waals surface area contributed by atoms with E-state index in [1.54, 1.807) is 0 Å². The number of amides is 1. The third-order valence-corrected chi connectivity index (χ3v) is 6.98. The molecule has 1 saturated carbocycles. The molecule has 2 saturated heterocycles. The lowest BCUT2D eigenvalue weighted by atomic mass is 9.85. The molecule has 2 aliphatic heterocycles. The van der Waals surface area contributed by atoms with Crippen molar-refractivity contribution in [3.05, 3.63) is 59.7 Å². The SMILES string of the molecule is O=C1OC2(CCCCC2)CN1Cc1cccc(-c2cccc(CN3CCNCC3)c2)c1.